The van der Waals surface area contributed by atoms with Crippen molar-refractivity contribution in [2.24, 2.45) is 0 Å². The van der Waals surface area contributed by atoms with Gasteiger partial charge in [0.1, 0.15) is 17.1 Å². The van der Waals surface area contributed by atoms with Crippen molar-refractivity contribution in [3.8, 4) is 11.5 Å². The van der Waals surface area contributed by atoms with Crippen LogP contribution in [-0.2, 0) is 6.54 Å². The van der Waals surface area contributed by atoms with Gasteiger partial charge < -0.3 is 20.1 Å². The van der Waals surface area contributed by atoms with Gasteiger partial charge >= 0.3 is 0 Å². The molecule has 2 aliphatic rings. The van der Waals surface area contributed by atoms with Gasteiger partial charge in [0, 0.05) is 60.5 Å². The molecule has 0 radical (unpaired) electrons. The van der Waals surface area contributed by atoms with E-state index in [0.29, 0.717) is 23.4 Å². The van der Waals surface area contributed by atoms with Crippen molar-refractivity contribution >= 4 is 76.0 Å². The number of aromatic amines is 1. The second-order valence-corrected chi connectivity index (χ2v) is 8.12. The van der Waals surface area contributed by atoms with Crippen LogP contribution >= 0.6 is 53.2 Å². The van der Waals surface area contributed by atoms with Gasteiger partial charge in [-0.1, -0.05) is 0 Å². The average molecular weight is 565 g/mol. The summed E-state index contributed by atoms with van der Waals surface area (Å²) < 4.78 is 6.84. The number of Topliss-reactive ketones (excluding diaryl/α,β-unsaturated/α-hetero) is 1. The number of phenolic OH excluding ortho intramolecular Hbond substituents is 1. The Morgan fingerprint density at radius 1 is 1.22 bits per heavy atom. The predicted molar refractivity (Wildman–Crippen MR) is 135 cm³/mol. The molecule has 0 amide bonds. The minimum Gasteiger partial charge on any atom is -0.507 e. The number of nitrogens with zero attached hydrogens (tertiary/aromatic N) is 2. The van der Waals surface area contributed by atoms with E-state index in [0.717, 1.165) is 47.2 Å². The highest BCUT2D eigenvalue weighted by Crippen LogP contribution is 2.40. The molecule has 1 fully saturated rings. The summed E-state index contributed by atoms with van der Waals surface area (Å²) in [5, 5.41) is 14.6. The van der Waals surface area contributed by atoms with E-state index in [2.05, 4.69) is 36.1 Å². The van der Waals surface area contributed by atoms with E-state index in [1.807, 2.05) is 6.07 Å². The van der Waals surface area contributed by atoms with E-state index in [1.165, 1.54) is 0 Å². The third-order valence-electron chi connectivity index (χ3n) is 5.32. The van der Waals surface area contributed by atoms with Crippen LogP contribution in [0.15, 0.2) is 40.8 Å². The number of rotatable bonds is 3. The Morgan fingerprint density at radius 3 is 2.72 bits per heavy atom. The number of piperazine rings is 1. The zero-order chi connectivity index (χ0) is 20.0. The minimum atomic E-state index is -0.182. The first-order valence-corrected chi connectivity index (χ1v) is 10.2. The Kier molecular flexibility index (Phi) is 8.98. The number of aromatic hydroxyl groups is 1. The van der Waals surface area contributed by atoms with Crippen LogP contribution in [0.5, 0.6) is 11.5 Å². The molecule has 1 aromatic carbocycles. The number of phenols is 1. The molecule has 3 aromatic rings. The number of aromatic nitrogens is 2. The SMILES string of the molecule is Cl.Cl.Cl.O=C1/C(=C/c2c[nH]c3ncc(Br)cc23)Oc2c1ccc(O)c2CN1CCNCC1. The molecule has 2 aromatic heterocycles. The van der Waals surface area contributed by atoms with Gasteiger partial charge in [0.05, 0.1) is 11.1 Å². The van der Waals surface area contributed by atoms with Crippen molar-refractivity contribution < 1.29 is 14.6 Å². The molecule has 0 atom stereocenters. The number of halogens is 4. The summed E-state index contributed by atoms with van der Waals surface area (Å²) in [5.41, 5.74) is 2.70. The van der Waals surface area contributed by atoms with Crippen LogP contribution in [0.3, 0.4) is 0 Å². The molecule has 2 aliphatic heterocycles. The minimum absolute atomic E-state index is 0. The van der Waals surface area contributed by atoms with Crippen molar-refractivity contribution in [3.05, 3.63) is 57.5 Å². The molecule has 0 bridgehead atoms. The van der Waals surface area contributed by atoms with Crippen LogP contribution < -0.4 is 10.1 Å². The topological polar surface area (TPSA) is 90.5 Å². The first-order valence-electron chi connectivity index (χ1n) is 9.45. The summed E-state index contributed by atoms with van der Waals surface area (Å²) in [6.07, 6.45) is 5.24. The maximum Gasteiger partial charge on any atom is 0.231 e. The van der Waals surface area contributed by atoms with Crippen LogP contribution in [0.2, 0.25) is 0 Å². The van der Waals surface area contributed by atoms with Gasteiger partial charge in [0.2, 0.25) is 5.78 Å². The lowest BCUT2D eigenvalue weighted by Gasteiger charge is -2.27. The smallest absolute Gasteiger partial charge is 0.231 e. The summed E-state index contributed by atoms with van der Waals surface area (Å²) in [6.45, 7) is 4.13. The highest BCUT2D eigenvalue weighted by molar-refractivity contribution is 9.10. The summed E-state index contributed by atoms with van der Waals surface area (Å²) >= 11 is 3.43. The Bertz CT molecular complexity index is 1160. The fourth-order valence-electron chi connectivity index (χ4n) is 3.80. The van der Waals surface area contributed by atoms with Crippen LogP contribution in [0.1, 0.15) is 21.5 Å². The fraction of sp³-hybridized carbons (Fsp3) is 0.238. The third-order valence-corrected chi connectivity index (χ3v) is 5.76. The van der Waals surface area contributed by atoms with E-state index in [4.69, 9.17) is 4.74 Å². The van der Waals surface area contributed by atoms with Crippen molar-refractivity contribution in [2.75, 3.05) is 26.2 Å². The second kappa shape index (κ2) is 10.9. The molecule has 0 aliphatic carbocycles. The van der Waals surface area contributed by atoms with Gasteiger partial charge in [-0.25, -0.2) is 4.98 Å². The molecule has 172 valence electrons. The number of ketones is 1. The first-order chi connectivity index (χ1) is 14.1. The van der Waals surface area contributed by atoms with Gasteiger partial charge in [0.15, 0.2) is 5.76 Å². The molecule has 0 saturated carbocycles. The fourth-order valence-corrected chi connectivity index (χ4v) is 4.13. The third kappa shape index (κ3) is 4.90. The van der Waals surface area contributed by atoms with E-state index in [1.54, 1.807) is 30.6 Å². The molecule has 7 nitrogen and oxygen atoms in total. The zero-order valence-corrected chi connectivity index (χ0v) is 20.8. The van der Waals surface area contributed by atoms with Crippen LogP contribution in [0.4, 0.5) is 0 Å². The first kappa shape index (κ1) is 26.4. The summed E-state index contributed by atoms with van der Waals surface area (Å²) in [5.74, 6) is 0.669. The summed E-state index contributed by atoms with van der Waals surface area (Å²) in [7, 11) is 0. The van der Waals surface area contributed by atoms with Crippen molar-refractivity contribution in [1.29, 1.82) is 0 Å². The zero-order valence-electron chi connectivity index (χ0n) is 16.8. The normalized spacial score (nSPS) is 16.7. The Morgan fingerprint density at radius 2 is 1.97 bits per heavy atom. The van der Waals surface area contributed by atoms with Crippen molar-refractivity contribution in [3.63, 3.8) is 0 Å². The molecule has 0 unspecified atom stereocenters. The second-order valence-electron chi connectivity index (χ2n) is 7.20. The van der Waals surface area contributed by atoms with Crippen molar-refractivity contribution in [1.82, 2.24) is 20.2 Å². The number of carbonyl (C=O) groups is 1. The van der Waals surface area contributed by atoms with Gasteiger partial charge in [-0.05, 0) is 40.2 Å². The number of fused-ring (bicyclic) bond motifs is 2. The molecule has 1 saturated heterocycles. The predicted octanol–water partition coefficient (Wildman–Crippen LogP) is 4.32. The molecule has 0 spiro atoms. The molecular formula is C21H22BrCl3N4O3. The lowest BCUT2D eigenvalue weighted by atomic mass is 10.0. The van der Waals surface area contributed by atoms with Gasteiger partial charge in [-0.2, -0.15) is 0 Å². The molecule has 3 N–H and O–H groups in total. The van der Waals surface area contributed by atoms with Crippen molar-refractivity contribution in [2.45, 2.75) is 6.54 Å². The van der Waals surface area contributed by atoms with E-state index in [-0.39, 0.29) is 54.5 Å². The largest absolute Gasteiger partial charge is 0.507 e. The van der Waals surface area contributed by atoms with Crippen LogP contribution in [0.25, 0.3) is 17.1 Å². The molecule has 4 heterocycles. The Hall–Kier alpha value is -1.81. The number of carbonyl (C=O) groups excluding carboxylic acids is 1. The number of hydrogen-bond donors (Lipinski definition) is 3. The van der Waals surface area contributed by atoms with E-state index < -0.39 is 0 Å². The maximum absolute atomic E-state index is 12.9. The number of benzene rings is 1. The van der Waals surface area contributed by atoms with Gasteiger partial charge in [0.25, 0.3) is 0 Å². The Labute approximate surface area is 212 Å². The van der Waals surface area contributed by atoms with Gasteiger partial charge in [-0.15, -0.1) is 37.2 Å². The number of H-pyrrole nitrogens is 1. The standard InChI is InChI=1S/C21H19BrN4O3.3ClH/c22-13-8-15-12(9-24-21(15)25-10-13)7-18-19(28)14-1-2-17(27)16(20(14)29-18)11-26-5-3-23-4-6-26;;;/h1-2,7-10,23,27H,3-6,11H2,(H,24,25);3*1H/b18-7-;;;. The molecule has 5 rings (SSSR count). The maximum atomic E-state index is 12.9. The highest BCUT2D eigenvalue weighted by Gasteiger charge is 2.32. The van der Waals surface area contributed by atoms with E-state index in [9.17, 15) is 9.90 Å². The number of nitrogens with one attached hydrogen (secondary N) is 2. The average Bonchev–Trinajstić information content (AvgIpc) is 3.26. The molecular weight excluding hydrogens is 543 g/mol. The lowest BCUT2D eigenvalue weighted by molar-refractivity contribution is 0.101. The van der Waals surface area contributed by atoms with E-state index >= 15 is 0 Å². The number of hydrogen-bond acceptors (Lipinski definition) is 6. The quantitative estimate of drug-likeness (QED) is 0.411. The summed E-state index contributed by atoms with van der Waals surface area (Å²) in [6, 6.07) is 5.15. The Balaban J connectivity index is 0.00000121. The summed E-state index contributed by atoms with van der Waals surface area (Å²) in [4.78, 5) is 22.6. The monoisotopic (exact) mass is 562 g/mol. The van der Waals surface area contributed by atoms with Crippen LogP contribution in [-0.4, -0.2) is 51.9 Å². The number of allylic oxidation sites excluding steroid dienone is 1. The number of ether oxygens (including phenoxy) is 1. The molecule has 32 heavy (non-hydrogen) atoms. The number of pyridine rings is 1. The molecule has 11 heteroatoms. The van der Waals surface area contributed by atoms with Crippen LogP contribution in [0, 0.1) is 0 Å². The van der Waals surface area contributed by atoms with Gasteiger partial charge in [-0.3, -0.25) is 9.69 Å². The lowest BCUT2D eigenvalue weighted by Crippen LogP contribution is -2.42. The highest BCUT2D eigenvalue weighted by atomic mass is 79.9.